The summed E-state index contributed by atoms with van der Waals surface area (Å²) in [5.41, 5.74) is 1.97. The molecule has 3 aromatic rings. The highest BCUT2D eigenvalue weighted by atomic mass is 35.5. The number of ether oxygens (including phenoxy) is 2. The maximum Gasteiger partial charge on any atom is 0.416 e. The van der Waals surface area contributed by atoms with Crippen molar-refractivity contribution in [2.24, 2.45) is 0 Å². The topological polar surface area (TPSA) is 75.2 Å². The summed E-state index contributed by atoms with van der Waals surface area (Å²) in [4.78, 5) is 36.8. The molecule has 8 nitrogen and oxygen atoms in total. The van der Waals surface area contributed by atoms with E-state index in [1.165, 1.54) is 11.3 Å². The first-order chi connectivity index (χ1) is 18.2. The van der Waals surface area contributed by atoms with Crippen LogP contribution in [0.25, 0.3) is 10.2 Å². The molecule has 0 N–H and O–H groups in total. The highest BCUT2D eigenvalue weighted by molar-refractivity contribution is 7.22. The molecular weight excluding hydrogens is 524 g/mol. The zero-order valence-corrected chi connectivity index (χ0v) is 24.0. The molecule has 2 aromatic carbocycles. The molecule has 1 aromatic heterocycles. The van der Waals surface area contributed by atoms with Crippen LogP contribution in [0.3, 0.4) is 0 Å². The summed E-state index contributed by atoms with van der Waals surface area (Å²) in [5, 5.41) is 1.21. The van der Waals surface area contributed by atoms with E-state index in [9.17, 15) is 9.59 Å². The Balaban J connectivity index is 1.63. The predicted molar refractivity (Wildman–Crippen MR) is 154 cm³/mol. The largest absolute Gasteiger partial charge is 0.449 e. The van der Waals surface area contributed by atoms with Crippen LogP contribution in [0.5, 0.6) is 0 Å². The number of carbonyl (C=O) groups is 2. The van der Waals surface area contributed by atoms with Gasteiger partial charge in [0.25, 0.3) is 0 Å². The summed E-state index contributed by atoms with van der Waals surface area (Å²) in [5.74, 6) is 0.00696. The van der Waals surface area contributed by atoms with E-state index in [1.807, 2.05) is 56.0 Å². The molecule has 1 aliphatic heterocycles. The number of anilines is 2. The van der Waals surface area contributed by atoms with Crippen molar-refractivity contribution in [2.45, 2.75) is 39.7 Å². The van der Waals surface area contributed by atoms with Gasteiger partial charge in [-0.15, -0.1) is 0 Å². The summed E-state index contributed by atoms with van der Waals surface area (Å²) >= 11 is 7.45. The third-order valence-electron chi connectivity index (χ3n) is 6.30. The van der Waals surface area contributed by atoms with E-state index in [1.54, 1.807) is 24.0 Å². The normalized spacial score (nSPS) is 14.4. The number of hydrogen-bond donors (Lipinski definition) is 0. The number of morpholine rings is 1. The van der Waals surface area contributed by atoms with Gasteiger partial charge in [0.05, 0.1) is 36.5 Å². The number of aromatic nitrogens is 1. The van der Waals surface area contributed by atoms with Crippen LogP contribution in [-0.2, 0) is 20.7 Å². The lowest BCUT2D eigenvalue weighted by atomic mass is 10.1. The fourth-order valence-corrected chi connectivity index (χ4v) is 5.63. The highest BCUT2D eigenvalue weighted by Crippen LogP contribution is 2.35. The average Bonchev–Trinajstić information content (AvgIpc) is 3.28. The van der Waals surface area contributed by atoms with Crippen molar-refractivity contribution in [1.82, 2.24) is 9.88 Å². The zero-order valence-electron chi connectivity index (χ0n) is 22.4. The molecule has 2 heterocycles. The van der Waals surface area contributed by atoms with Crippen molar-refractivity contribution in [3.05, 3.63) is 53.1 Å². The molecule has 10 heteroatoms. The number of benzene rings is 2. The Kier molecular flexibility index (Phi) is 9.25. The lowest BCUT2D eigenvalue weighted by Crippen LogP contribution is -2.46. The van der Waals surface area contributed by atoms with Gasteiger partial charge in [-0.2, -0.15) is 0 Å². The van der Waals surface area contributed by atoms with Gasteiger partial charge in [-0.05, 0) is 63.6 Å². The van der Waals surface area contributed by atoms with Crippen molar-refractivity contribution >= 4 is 56.0 Å². The number of carbonyl (C=O) groups excluding carboxylic acids is 2. The summed E-state index contributed by atoms with van der Waals surface area (Å²) in [6.45, 7) is 12.4. The monoisotopic (exact) mass is 558 g/mol. The number of amides is 2. The maximum absolute atomic E-state index is 13.6. The van der Waals surface area contributed by atoms with E-state index < -0.39 is 11.6 Å². The van der Waals surface area contributed by atoms with Crippen molar-refractivity contribution in [1.29, 1.82) is 0 Å². The Morgan fingerprint density at radius 3 is 2.50 bits per heavy atom. The SMILES string of the molecule is CCOC(=O)N(c1nc2ccc(N(CCN3CCOCC3)C(=O)Cc3ccc(Cl)cc3)cc2s1)C(C)(C)C. The first kappa shape index (κ1) is 28.3. The van der Waals surface area contributed by atoms with Crippen LogP contribution < -0.4 is 9.80 Å². The highest BCUT2D eigenvalue weighted by Gasteiger charge is 2.32. The second-order valence-electron chi connectivity index (χ2n) is 10.2. The van der Waals surface area contributed by atoms with Gasteiger partial charge in [0.1, 0.15) is 0 Å². The smallest absolute Gasteiger partial charge is 0.416 e. The van der Waals surface area contributed by atoms with Gasteiger partial charge in [-0.3, -0.25) is 9.69 Å². The predicted octanol–water partition coefficient (Wildman–Crippen LogP) is 5.62. The minimum atomic E-state index is -0.512. The van der Waals surface area contributed by atoms with Crippen molar-refractivity contribution < 1.29 is 19.1 Å². The molecule has 2 amide bonds. The lowest BCUT2D eigenvalue weighted by Gasteiger charge is -2.32. The molecule has 0 aliphatic carbocycles. The Labute approximate surface area is 233 Å². The number of rotatable bonds is 8. The van der Waals surface area contributed by atoms with E-state index in [-0.39, 0.29) is 18.9 Å². The summed E-state index contributed by atoms with van der Waals surface area (Å²) in [7, 11) is 0. The van der Waals surface area contributed by atoms with E-state index in [2.05, 4.69) is 4.90 Å². The number of thiazole rings is 1. The molecule has 4 rings (SSSR count). The van der Waals surface area contributed by atoms with Crippen LogP contribution in [0.15, 0.2) is 42.5 Å². The second-order valence-corrected chi connectivity index (χ2v) is 11.6. The molecule has 204 valence electrons. The minimum Gasteiger partial charge on any atom is -0.449 e. The van der Waals surface area contributed by atoms with Crippen molar-refractivity contribution in [2.75, 3.05) is 55.8 Å². The molecule has 0 radical (unpaired) electrons. The maximum atomic E-state index is 13.6. The Hall–Kier alpha value is -2.72. The van der Waals surface area contributed by atoms with Gasteiger partial charge in [-0.1, -0.05) is 35.1 Å². The molecule has 0 spiro atoms. The van der Waals surface area contributed by atoms with Crippen LogP contribution in [-0.4, -0.2) is 73.4 Å². The van der Waals surface area contributed by atoms with Gasteiger partial charge < -0.3 is 14.4 Å². The summed E-state index contributed by atoms with van der Waals surface area (Å²) in [6.07, 6.45) is -0.156. The molecule has 1 aliphatic rings. The van der Waals surface area contributed by atoms with E-state index in [4.69, 9.17) is 26.1 Å². The molecule has 0 unspecified atom stereocenters. The van der Waals surface area contributed by atoms with E-state index in [0.717, 1.165) is 41.1 Å². The summed E-state index contributed by atoms with van der Waals surface area (Å²) < 4.78 is 11.7. The van der Waals surface area contributed by atoms with E-state index in [0.29, 0.717) is 29.9 Å². The van der Waals surface area contributed by atoms with Gasteiger partial charge in [-0.25, -0.2) is 14.7 Å². The van der Waals surface area contributed by atoms with E-state index >= 15 is 0 Å². The van der Waals surface area contributed by atoms with Crippen LogP contribution in [0.2, 0.25) is 5.02 Å². The van der Waals surface area contributed by atoms with Crippen LogP contribution in [0.4, 0.5) is 15.6 Å². The third kappa shape index (κ3) is 7.02. The molecule has 1 fully saturated rings. The van der Waals surface area contributed by atoms with Gasteiger partial charge in [0.2, 0.25) is 5.91 Å². The van der Waals surface area contributed by atoms with Gasteiger partial charge >= 0.3 is 6.09 Å². The Morgan fingerprint density at radius 1 is 1.13 bits per heavy atom. The first-order valence-corrected chi connectivity index (χ1v) is 14.1. The quantitative estimate of drug-likeness (QED) is 0.357. The lowest BCUT2D eigenvalue weighted by molar-refractivity contribution is -0.118. The van der Waals surface area contributed by atoms with Crippen LogP contribution >= 0.6 is 22.9 Å². The molecule has 0 saturated carbocycles. The minimum absolute atomic E-state index is 0.00696. The molecule has 1 saturated heterocycles. The first-order valence-electron chi connectivity index (χ1n) is 12.9. The van der Waals surface area contributed by atoms with Crippen LogP contribution in [0.1, 0.15) is 33.3 Å². The van der Waals surface area contributed by atoms with Gasteiger partial charge in [0.15, 0.2) is 5.13 Å². The number of hydrogen-bond acceptors (Lipinski definition) is 7. The Morgan fingerprint density at radius 2 is 1.84 bits per heavy atom. The zero-order chi connectivity index (χ0) is 27.3. The average molecular weight is 559 g/mol. The van der Waals surface area contributed by atoms with Crippen molar-refractivity contribution in [3.8, 4) is 0 Å². The third-order valence-corrected chi connectivity index (χ3v) is 7.55. The molecule has 0 bridgehead atoms. The van der Waals surface area contributed by atoms with Gasteiger partial charge in [0, 0.05) is 42.4 Å². The summed E-state index contributed by atoms with van der Waals surface area (Å²) in [6, 6.07) is 13.2. The van der Waals surface area contributed by atoms with Crippen molar-refractivity contribution in [3.63, 3.8) is 0 Å². The molecule has 38 heavy (non-hydrogen) atoms. The van der Waals surface area contributed by atoms with Crippen LogP contribution in [0, 0.1) is 0 Å². The second kappa shape index (κ2) is 12.4. The fourth-order valence-electron chi connectivity index (χ4n) is 4.33. The number of nitrogens with zero attached hydrogens (tertiary/aromatic N) is 4. The number of halogens is 1. The molecule has 0 atom stereocenters. The molecular formula is C28H35ClN4O4S. The Bertz CT molecular complexity index is 1250. The standard InChI is InChI=1S/C28H35ClN4O4S/c1-5-37-27(35)33(28(2,3)4)26-30-23-11-10-22(19-24(23)38-26)32(13-12-31-14-16-36-17-15-31)25(34)18-20-6-8-21(29)9-7-20/h6-11,19H,5,12-18H2,1-4H3. The fraction of sp³-hybridized carbons (Fsp3) is 0.464. The number of fused-ring (bicyclic) bond motifs is 1.